The number of nitrogens with two attached hydrogens (primary N) is 2. The van der Waals surface area contributed by atoms with Crippen LogP contribution in [0.3, 0.4) is 0 Å². The van der Waals surface area contributed by atoms with Gasteiger partial charge in [-0.15, -0.1) is 0 Å². The molecule has 0 radical (unpaired) electrons. The second-order valence-electron chi connectivity index (χ2n) is 10.9. The Morgan fingerprint density at radius 3 is 1.45 bits per heavy atom. The Kier molecular flexibility index (Phi) is 10.3. The largest absolute Gasteiger partial charge is 0.443 e. The predicted octanol–water partition coefficient (Wildman–Crippen LogP) is 4.67. The first kappa shape index (κ1) is 32.1. The molecule has 44 heavy (non-hydrogen) atoms. The van der Waals surface area contributed by atoms with Crippen LogP contribution in [0.1, 0.15) is 36.4 Å². The highest BCUT2D eigenvalue weighted by Gasteiger charge is 2.39. The van der Waals surface area contributed by atoms with E-state index in [2.05, 4.69) is 9.97 Å². The Balaban J connectivity index is 1.46. The summed E-state index contributed by atoms with van der Waals surface area (Å²) in [6.07, 6.45) is 2.95. The van der Waals surface area contributed by atoms with E-state index in [0.717, 1.165) is 12.2 Å². The molecule has 0 saturated heterocycles. The van der Waals surface area contributed by atoms with Crippen LogP contribution in [0.4, 0.5) is 8.78 Å². The maximum Gasteiger partial charge on any atom is 0.332 e. The Morgan fingerprint density at radius 2 is 1.11 bits per heavy atom. The van der Waals surface area contributed by atoms with Gasteiger partial charge in [-0.3, -0.25) is 21.4 Å². The molecule has 10 heteroatoms. The van der Waals surface area contributed by atoms with Crippen molar-refractivity contribution in [2.24, 2.45) is 11.5 Å². The lowest BCUT2D eigenvalue weighted by Crippen LogP contribution is -2.48. The van der Waals surface area contributed by atoms with Gasteiger partial charge in [0, 0.05) is 24.5 Å². The molecule has 2 aromatic carbocycles. The zero-order chi connectivity index (χ0) is 31.7. The van der Waals surface area contributed by atoms with Crippen LogP contribution in [0, 0.1) is 11.6 Å². The van der Waals surface area contributed by atoms with E-state index in [-0.39, 0.29) is 12.8 Å². The van der Waals surface area contributed by atoms with Crippen molar-refractivity contribution in [1.29, 1.82) is 0 Å². The molecule has 228 valence electrons. The van der Waals surface area contributed by atoms with Gasteiger partial charge in [0.2, 0.25) is 0 Å². The number of nitrogens with zero attached hydrogens (tertiary/aromatic N) is 2. The van der Waals surface area contributed by atoms with Crippen molar-refractivity contribution < 1.29 is 27.8 Å². The number of hydrogen-bond donors (Lipinski definition) is 2. The summed E-state index contributed by atoms with van der Waals surface area (Å²) >= 11 is 0. The zero-order valence-corrected chi connectivity index (χ0v) is 24.4. The van der Waals surface area contributed by atoms with Crippen molar-refractivity contribution in [3.05, 3.63) is 144 Å². The fraction of sp³-hybridized carbons (Fsp3) is 0.235. The summed E-state index contributed by atoms with van der Waals surface area (Å²) < 4.78 is 38.8. The topological polar surface area (TPSA) is 130 Å². The van der Waals surface area contributed by atoms with Gasteiger partial charge in [-0.05, 0) is 86.3 Å². The summed E-state index contributed by atoms with van der Waals surface area (Å²) in [4.78, 5) is 34.3. The van der Waals surface area contributed by atoms with E-state index >= 15 is 0 Å². The number of pyridine rings is 2. The molecule has 2 heterocycles. The van der Waals surface area contributed by atoms with Crippen molar-refractivity contribution in [3.63, 3.8) is 0 Å². The molecule has 0 amide bonds. The molecule has 0 aliphatic carbocycles. The standard InChI is InChI=1S/C34H34F2N4O4/c1-33(27-13-3-5-17-39-27,21-23-9-7-11-25(35)19-23)31(37)43-29(41)15-16-30(42)44-32(38)34(2,28-14-4-6-18-40-28)22-24-10-8-12-26(36)20-24/h3-20,31-32H,21-22,37-38H2,1-2H3/b16-15+/t31?,32?,33-,34-/m1/s1. The van der Waals surface area contributed by atoms with E-state index in [9.17, 15) is 18.4 Å². The van der Waals surface area contributed by atoms with Crippen LogP contribution in [-0.2, 0) is 42.7 Å². The highest BCUT2D eigenvalue weighted by atomic mass is 19.1. The van der Waals surface area contributed by atoms with Crippen molar-refractivity contribution in [3.8, 4) is 0 Å². The normalized spacial score (nSPS) is 15.5. The third-order valence-electron chi connectivity index (χ3n) is 7.52. The highest BCUT2D eigenvalue weighted by Crippen LogP contribution is 2.32. The van der Waals surface area contributed by atoms with Crippen LogP contribution >= 0.6 is 0 Å². The molecule has 0 saturated carbocycles. The molecule has 4 rings (SSSR count). The second kappa shape index (κ2) is 14.1. The van der Waals surface area contributed by atoms with E-state index in [0.29, 0.717) is 22.5 Å². The van der Waals surface area contributed by atoms with Gasteiger partial charge in [-0.2, -0.15) is 0 Å². The lowest BCUT2D eigenvalue weighted by atomic mass is 9.78. The molecule has 0 fully saturated rings. The van der Waals surface area contributed by atoms with Crippen molar-refractivity contribution in [1.82, 2.24) is 9.97 Å². The SMILES string of the molecule is C[C@@](Cc1cccc(F)c1)(c1ccccn1)C(N)OC(=O)/C=C/C(=O)OC(N)[C@](C)(Cc1cccc(F)c1)c1ccccn1. The maximum atomic E-state index is 13.9. The van der Waals surface area contributed by atoms with Crippen LogP contribution in [0.2, 0.25) is 0 Å². The molecule has 2 unspecified atom stereocenters. The number of halogens is 2. The predicted molar refractivity (Wildman–Crippen MR) is 161 cm³/mol. The minimum Gasteiger partial charge on any atom is -0.443 e. The van der Waals surface area contributed by atoms with Gasteiger partial charge in [0.25, 0.3) is 0 Å². The van der Waals surface area contributed by atoms with Crippen molar-refractivity contribution in [2.45, 2.75) is 50.0 Å². The second-order valence-corrected chi connectivity index (χ2v) is 10.9. The van der Waals surface area contributed by atoms with E-state index in [1.165, 1.54) is 24.3 Å². The maximum absolute atomic E-state index is 13.9. The Morgan fingerprint density at radius 1 is 0.705 bits per heavy atom. The van der Waals surface area contributed by atoms with Gasteiger partial charge in [0.15, 0.2) is 12.5 Å². The average molecular weight is 601 g/mol. The molecule has 4 N–H and O–H groups in total. The van der Waals surface area contributed by atoms with Crippen LogP contribution < -0.4 is 11.5 Å². The number of carbonyl (C=O) groups is 2. The van der Waals surface area contributed by atoms with Crippen LogP contribution in [0.25, 0.3) is 0 Å². The minimum absolute atomic E-state index is 0.217. The monoisotopic (exact) mass is 600 g/mol. The first-order chi connectivity index (χ1) is 21.0. The summed E-state index contributed by atoms with van der Waals surface area (Å²) in [5, 5.41) is 0. The average Bonchev–Trinajstić information content (AvgIpc) is 3.00. The number of aromatic nitrogens is 2. The summed E-state index contributed by atoms with van der Waals surface area (Å²) in [7, 11) is 0. The third kappa shape index (κ3) is 7.97. The Bertz CT molecular complexity index is 1490. The van der Waals surface area contributed by atoms with Gasteiger partial charge in [-0.1, -0.05) is 36.4 Å². The summed E-state index contributed by atoms with van der Waals surface area (Å²) in [6.45, 7) is 3.51. The molecule has 8 nitrogen and oxygen atoms in total. The van der Waals surface area contributed by atoms with Gasteiger partial charge >= 0.3 is 11.9 Å². The van der Waals surface area contributed by atoms with Crippen LogP contribution in [0.5, 0.6) is 0 Å². The first-order valence-electron chi connectivity index (χ1n) is 13.9. The fourth-order valence-electron chi connectivity index (χ4n) is 4.94. The van der Waals surface area contributed by atoms with E-state index in [1.54, 1.807) is 86.9 Å². The number of hydrogen-bond acceptors (Lipinski definition) is 8. The Labute approximate surface area is 254 Å². The molecule has 0 aliphatic heterocycles. The van der Waals surface area contributed by atoms with Crippen molar-refractivity contribution in [2.75, 3.05) is 0 Å². The van der Waals surface area contributed by atoms with E-state index < -0.39 is 46.9 Å². The summed E-state index contributed by atoms with van der Waals surface area (Å²) in [6, 6.07) is 22.6. The molecule has 2 aromatic heterocycles. The number of ether oxygens (including phenoxy) is 2. The molecule has 4 aromatic rings. The van der Waals surface area contributed by atoms with Gasteiger partial charge in [-0.25, -0.2) is 18.4 Å². The molecule has 0 bridgehead atoms. The van der Waals surface area contributed by atoms with Crippen LogP contribution in [0.15, 0.2) is 109 Å². The van der Waals surface area contributed by atoms with Crippen molar-refractivity contribution >= 4 is 11.9 Å². The Hall–Kier alpha value is -4.80. The first-order valence-corrected chi connectivity index (χ1v) is 13.9. The van der Waals surface area contributed by atoms with E-state index in [4.69, 9.17) is 20.9 Å². The fourth-order valence-corrected chi connectivity index (χ4v) is 4.94. The van der Waals surface area contributed by atoms with E-state index in [1.807, 2.05) is 0 Å². The summed E-state index contributed by atoms with van der Waals surface area (Å²) in [5.41, 5.74) is 13.0. The molecule has 0 aliphatic rings. The van der Waals surface area contributed by atoms with Gasteiger partial charge in [0.1, 0.15) is 11.6 Å². The number of benzene rings is 2. The molecule has 4 atom stereocenters. The van der Waals surface area contributed by atoms with Gasteiger partial charge in [0.05, 0.1) is 22.2 Å². The quantitative estimate of drug-likeness (QED) is 0.136. The third-order valence-corrected chi connectivity index (χ3v) is 7.52. The molecular formula is C34H34F2N4O4. The number of esters is 2. The summed E-state index contributed by atoms with van der Waals surface area (Å²) in [5.74, 6) is -2.63. The molecule has 0 spiro atoms. The van der Waals surface area contributed by atoms with Crippen LogP contribution in [-0.4, -0.2) is 34.4 Å². The van der Waals surface area contributed by atoms with Gasteiger partial charge < -0.3 is 9.47 Å². The minimum atomic E-state index is -1.21. The number of carbonyl (C=O) groups excluding carboxylic acids is 2. The smallest absolute Gasteiger partial charge is 0.332 e. The lowest BCUT2D eigenvalue weighted by Gasteiger charge is -2.34. The number of rotatable bonds is 12. The highest BCUT2D eigenvalue weighted by molar-refractivity contribution is 5.91. The zero-order valence-electron chi connectivity index (χ0n) is 24.4. The lowest BCUT2D eigenvalue weighted by molar-refractivity contribution is -0.149. The molecular weight excluding hydrogens is 566 g/mol.